The van der Waals surface area contributed by atoms with Crippen molar-refractivity contribution >= 4 is 17.9 Å². The van der Waals surface area contributed by atoms with Crippen molar-refractivity contribution in [3.8, 4) is 0 Å². The second-order valence-electron chi connectivity index (χ2n) is 10.8. The number of hydrogen-bond acceptors (Lipinski definition) is 9. The summed E-state index contributed by atoms with van der Waals surface area (Å²) in [6.45, 7) is 5.66. The van der Waals surface area contributed by atoms with E-state index in [1.165, 1.54) is 4.68 Å². The standard InChI is InChI=1S/C32H31N3O7/c1-32(2,3)25-19-33-34-35(25)28-27(42-31(38)23-17-11-6-12-18-23)26(41-30(37)22-15-9-5-10-16-22)24(40-28)20-39-29(36)21-13-7-4-8-14-21/h4-19,24,26-28H,20H2,1-3H3/t24-,26-,27-,28-/m1/s1. The van der Waals surface area contributed by atoms with E-state index in [0.29, 0.717) is 22.4 Å². The summed E-state index contributed by atoms with van der Waals surface area (Å²) in [5, 5.41) is 8.32. The van der Waals surface area contributed by atoms with Crippen molar-refractivity contribution in [1.29, 1.82) is 0 Å². The fourth-order valence-corrected chi connectivity index (χ4v) is 4.62. The molecule has 4 aromatic rings. The van der Waals surface area contributed by atoms with Crippen molar-refractivity contribution in [3.63, 3.8) is 0 Å². The molecule has 3 aromatic carbocycles. The van der Waals surface area contributed by atoms with E-state index < -0.39 is 47.9 Å². The van der Waals surface area contributed by atoms with E-state index >= 15 is 0 Å². The molecule has 1 aromatic heterocycles. The monoisotopic (exact) mass is 569 g/mol. The fraction of sp³-hybridized carbons (Fsp3) is 0.281. The highest BCUT2D eigenvalue weighted by Crippen LogP contribution is 2.37. The molecule has 0 unspecified atom stereocenters. The van der Waals surface area contributed by atoms with E-state index in [-0.39, 0.29) is 6.61 Å². The Morgan fingerprint density at radius 3 is 1.71 bits per heavy atom. The first-order chi connectivity index (χ1) is 20.2. The predicted octanol–water partition coefficient (Wildman–Crippen LogP) is 4.78. The third-order valence-corrected chi connectivity index (χ3v) is 6.76. The molecular formula is C32H31N3O7. The highest BCUT2D eigenvalue weighted by atomic mass is 16.7. The molecule has 1 aliphatic rings. The van der Waals surface area contributed by atoms with E-state index in [2.05, 4.69) is 10.3 Å². The Hall–Kier alpha value is -4.83. The number of rotatable bonds is 8. The zero-order chi connectivity index (χ0) is 29.7. The normalized spacial score (nSPS) is 20.1. The molecule has 42 heavy (non-hydrogen) atoms. The van der Waals surface area contributed by atoms with Crippen LogP contribution in [0.15, 0.2) is 97.2 Å². The number of ether oxygens (including phenoxy) is 4. The molecule has 10 heteroatoms. The van der Waals surface area contributed by atoms with Crippen LogP contribution in [0.1, 0.15) is 63.8 Å². The number of benzene rings is 3. The van der Waals surface area contributed by atoms with Gasteiger partial charge in [-0.1, -0.05) is 80.6 Å². The van der Waals surface area contributed by atoms with Gasteiger partial charge >= 0.3 is 17.9 Å². The lowest BCUT2D eigenvalue weighted by atomic mass is 9.92. The smallest absolute Gasteiger partial charge is 0.338 e. The van der Waals surface area contributed by atoms with Crippen molar-refractivity contribution in [2.45, 2.75) is 50.7 Å². The second kappa shape index (κ2) is 12.4. The maximum Gasteiger partial charge on any atom is 0.338 e. The Labute approximate surface area is 243 Å². The van der Waals surface area contributed by atoms with Gasteiger partial charge in [-0.3, -0.25) is 0 Å². The third kappa shape index (κ3) is 6.39. The molecule has 0 spiro atoms. The first-order valence-corrected chi connectivity index (χ1v) is 13.5. The average Bonchev–Trinajstić information content (AvgIpc) is 3.63. The van der Waals surface area contributed by atoms with Crippen LogP contribution in [0.4, 0.5) is 0 Å². The van der Waals surface area contributed by atoms with Gasteiger partial charge in [0.15, 0.2) is 18.4 Å². The van der Waals surface area contributed by atoms with Crippen molar-refractivity contribution in [1.82, 2.24) is 15.0 Å². The Bertz CT molecular complexity index is 1520. The summed E-state index contributed by atoms with van der Waals surface area (Å²) < 4.78 is 25.4. The molecule has 4 atom stereocenters. The predicted molar refractivity (Wildman–Crippen MR) is 151 cm³/mol. The Kier molecular flexibility index (Phi) is 8.44. The lowest BCUT2D eigenvalue weighted by Crippen LogP contribution is -2.41. The van der Waals surface area contributed by atoms with E-state index in [1.807, 2.05) is 20.8 Å². The number of hydrogen-bond donors (Lipinski definition) is 0. The van der Waals surface area contributed by atoms with Gasteiger partial charge in [-0.2, -0.15) is 0 Å². The molecular weight excluding hydrogens is 538 g/mol. The van der Waals surface area contributed by atoms with Gasteiger partial charge in [0.1, 0.15) is 12.7 Å². The molecule has 0 radical (unpaired) electrons. The van der Waals surface area contributed by atoms with E-state index in [9.17, 15) is 14.4 Å². The van der Waals surface area contributed by atoms with Crippen LogP contribution >= 0.6 is 0 Å². The number of nitrogens with zero attached hydrogens (tertiary/aromatic N) is 3. The minimum absolute atomic E-state index is 0.282. The van der Waals surface area contributed by atoms with Crippen LogP contribution in [0.3, 0.4) is 0 Å². The van der Waals surface area contributed by atoms with Gasteiger partial charge in [0.05, 0.1) is 28.6 Å². The summed E-state index contributed by atoms with van der Waals surface area (Å²) >= 11 is 0. The highest BCUT2D eigenvalue weighted by molar-refractivity contribution is 5.91. The first-order valence-electron chi connectivity index (χ1n) is 13.5. The van der Waals surface area contributed by atoms with Crippen LogP contribution in [0, 0.1) is 0 Å². The van der Waals surface area contributed by atoms with Crippen LogP contribution < -0.4 is 0 Å². The molecule has 1 aliphatic heterocycles. The molecule has 0 bridgehead atoms. The second-order valence-corrected chi connectivity index (χ2v) is 10.8. The molecule has 0 aliphatic carbocycles. The van der Waals surface area contributed by atoms with E-state index in [1.54, 1.807) is 97.2 Å². The van der Waals surface area contributed by atoms with Crippen molar-refractivity contribution in [2.24, 2.45) is 0 Å². The summed E-state index contributed by atoms with van der Waals surface area (Å²) in [4.78, 5) is 39.4. The van der Waals surface area contributed by atoms with Crippen LogP contribution in [-0.4, -0.2) is 57.8 Å². The quantitative estimate of drug-likeness (QED) is 0.218. The number of aromatic nitrogens is 3. The maximum atomic E-state index is 13.3. The van der Waals surface area contributed by atoms with Crippen LogP contribution in [0.25, 0.3) is 0 Å². The van der Waals surface area contributed by atoms with Gasteiger partial charge in [-0.15, -0.1) is 5.10 Å². The summed E-state index contributed by atoms with van der Waals surface area (Å²) in [6.07, 6.45) is -2.75. The molecule has 0 N–H and O–H groups in total. The van der Waals surface area contributed by atoms with Crippen LogP contribution in [0.2, 0.25) is 0 Å². The van der Waals surface area contributed by atoms with E-state index in [4.69, 9.17) is 18.9 Å². The highest BCUT2D eigenvalue weighted by Gasteiger charge is 2.52. The number of carbonyl (C=O) groups excluding carboxylic acids is 3. The number of carbonyl (C=O) groups is 3. The summed E-state index contributed by atoms with van der Waals surface area (Å²) in [7, 11) is 0. The van der Waals surface area contributed by atoms with Crippen LogP contribution in [-0.2, 0) is 24.4 Å². The van der Waals surface area contributed by atoms with Crippen LogP contribution in [0.5, 0.6) is 0 Å². The van der Waals surface area contributed by atoms with Gasteiger partial charge in [-0.05, 0) is 36.4 Å². The molecule has 5 rings (SSSR count). The largest absolute Gasteiger partial charge is 0.459 e. The molecule has 0 saturated carbocycles. The molecule has 10 nitrogen and oxygen atoms in total. The lowest BCUT2D eigenvalue weighted by Gasteiger charge is -2.27. The Balaban J connectivity index is 1.50. The molecule has 1 fully saturated rings. The topological polar surface area (TPSA) is 119 Å². The van der Waals surface area contributed by atoms with E-state index in [0.717, 1.165) is 0 Å². The van der Waals surface area contributed by atoms with Crippen molar-refractivity contribution in [2.75, 3.05) is 6.61 Å². The van der Waals surface area contributed by atoms with Crippen molar-refractivity contribution in [3.05, 3.63) is 120 Å². The summed E-state index contributed by atoms with van der Waals surface area (Å²) in [5.41, 5.74) is 1.24. The zero-order valence-corrected chi connectivity index (χ0v) is 23.5. The van der Waals surface area contributed by atoms with Gasteiger partial charge in [0.2, 0.25) is 0 Å². The van der Waals surface area contributed by atoms with Gasteiger partial charge in [-0.25, -0.2) is 19.1 Å². The fourth-order valence-electron chi connectivity index (χ4n) is 4.62. The molecule has 0 amide bonds. The lowest BCUT2D eigenvalue weighted by molar-refractivity contribution is -0.0697. The minimum atomic E-state index is -1.16. The average molecular weight is 570 g/mol. The van der Waals surface area contributed by atoms with Crippen molar-refractivity contribution < 1.29 is 33.3 Å². The summed E-state index contributed by atoms with van der Waals surface area (Å²) in [6, 6.07) is 25.4. The SMILES string of the molecule is CC(C)(C)c1cnnn1[C@@H]1O[C@H](COC(=O)c2ccccc2)[C@@H](OC(=O)c2ccccc2)[C@H]1OC(=O)c1ccccc1. The summed E-state index contributed by atoms with van der Waals surface area (Å²) in [5.74, 6) is -1.88. The third-order valence-electron chi connectivity index (χ3n) is 6.76. The maximum absolute atomic E-state index is 13.3. The van der Waals surface area contributed by atoms with Gasteiger partial charge in [0, 0.05) is 5.41 Å². The zero-order valence-electron chi connectivity index (χ0n) is 23.5. The first kappa shape index (κ1) is 28.7. The molecule has 1 saturated heterocycles. The Morgan fingerprint density at radius 1 is 0.738 bits per heavy atom. The van der Waals surface area contributed by atoms with Gasteiger partial charge in [0.25, 0.3) is 0 Å². The molecule has 2 heterocycles. The molecule has 216 valence electrons. The minimum Gasteiger partial charge on any atom is -0.459 e. The number of esters is 3. The Morgan fingerprint density at radius 2 is 1.21 bits per heavy atom. The van der Waals surface area contributed by atoms with Gasteiger partial charge < -0.3 is 18.9 Å².